The molecule has 4 rings (SSSR count). The van der Waals surface area contributed by atoms with Crippen LogP contribution in [0.15, 0.2) is 6.20 Å². The second-order valence-corrected chi connectivity index (χ2v) is 8.31. The number of hydrogen-bond acceptors (Lipinski definition) is 4. The summed E-state index contributed by atoms with van der Waals surface area (Å²) in [4.78, 5) is 2.63. The van der Waals surface area contributed by atoms with Gasteiger partial charge in [-0.25, -0.2) is 0 Å². The van der Waals surface area contributed by atoms with Crippen molar-refractivity contribution >= 4 is 0 Å². The number of rotatable bonds is 6. The summed E-state index contributed by atoms with van der Waals surface area (Å²) in [7, 11) is 1.81. The third-order valence-corrected chi connectivity index (χ3v) is 6.27. The maximum absolute atomic E-state index is 5.52. The molecule has 5 heteroatoms. The number of ether oxygens (including phenoxy) is 2. The third-order valence-electron chi connectivity index (χ3n) is 6.27. The van der Waals surface area contributed by atoms with E-state index in [4.69, 9.17) is 14.6 Å². The standard InChI is InChI=1S/C20H33N3O2/c1-24-15-19-13-22(10-17-6-8-25-9-7-17)12-18-14-23(21-20(18)19)11-16-4-2-3-5-16/h14,16-17,19H,2-13,15H2,1H3/t19-/m1/s1. The molecule has 2 aliphatic heterocycles. The summed E-state index contributed by atoms with van der Waals surface area (Å²) < 4.78 is 13.3. The minimum absolute atomic E-state index is 0.415. The van der Waals surface area contributed by atoms with Gasteiger partial charge < -0.3 is 9.47 Å². The van der Waals surface area contributed by atoms with Gasteiger partial charge >= 0.3 is 0 Å². The van der Waals surface area contributed by atoms with Gasteiger partial charge in [-0.3, -0.25) is 9.58 Å². The van der Waals surface area contributed by atoms with E-state index in [1.807, 2.05) is 7.11 Å². The van der Waals surface area contributed by atoms with Gasteiger partial charge in [-0.1, -0.05) is 12.8 Å². The molecule has 25 heavy (non-hydrogen) atoms. The summed E-state index contributed by atoms with van der Waals surface area (Å²) in [5.74, 6) is 2.03. The zero-order valence-corrected chi connectivity index (χ0v) is 15.7. The van der Waals surface area contributed by atoms with Gasteiger partial charge in [0, 0.05) is 64.2 Å². The van der Waals surface area contributed by atoms with Crippen molar-refractivity contribution in [2.75, 3.05) is 40.0 Å². The lowest BCUT2D eigenvalue weighted by Gasteiger charge is -2.35. The van der Waals surface area contributed by atoms with Crippen molar-refractivity contribution in [3.8, 4) is 0 Å². The highest BCUT2D eigenvalue weighted by molar-refractivity contribution is 5.24. The first-order chi connectivity index (χ1) is 12.3. The van der Waals surface area contributed by atoms with Crippen molar-refractivity contribution in [2.24, 2.45) is 11.8 Å². The highest BCUT2D eigenvalue weighted by Gasteiger charge is 2.30. The highest BCUT2D eigenvalue weighted by atomic mass is 16.5. The molecule has 2 fully saturated rings. The Morgan fingerprint density at radius 2 is 1.88 bits per heavy atom. The molecule has 0 amide bonds. The summed E-state index contributed by atoms with van der Waals surface area (Å²) in [6.45, 7) is 7.08. The van der Waals surface area contributed by atoms with Gasteiger partial charge in [0.25, 0.3) is 0 Å². The topological polar surface area (TPSA) is 39.5 Å². The van der Waals surface area contributed by atoms with Gasteiger partial charge in [0.1, 0.15) is 0 Å². The second kappa shape index (κ2) is 8.19. The maximum Gasteiger partial charge on any atom is 0.0736 e. The van der Waals surface area contributed by atoms with Crippen LogP contribution in [-0.2, 0) is 22.6 Å². The third kappa shape index (κ3) is 4.26. The Morgan fingerprint density at radius 3 is 2.64 bits per heavy atom. The normalized spacial score (nSPS) is 26.2. The Labute approximate surface area is 151 Å². The van der Waals surface area contributed by atoms with Crippen LogP contribution in [0.3, 0.4) is 0 Å². The van der Waals surface area contributed by atoms with Crippen molar-refractivity contribution in [3.05, 3.63) is 17.5 Å². The molecule has 1 saturated carbocycles. The van der Waals surface area contributed by atoms with Crippen molar-refractivity contribution in [1.82, 2.24) is 14.7 Å². The van der Waals surface area contributed by atoms with E-state index >= 15 is 0 Å². The fourth-order valence-electron chi connectivity index (χ4n) is 4.96. The lowest BCUT2D eigenvalue weighted by atomic mass is 9.94. The monoisotopic (exact) mass is 347 g/mol. The van der Waals surface area contributed by atoms with Crippen LogP contribution in [-0.4, -0.2) is 54.7 Å². The largest absolute Gasteiger partial charge is 0.384 e. The summed E-state index contributed by atoms with van der Waals surface area (Å²) in [5.41, 5.74) is 2.72. The van der Waals surface area contributed by atoms with Crippen LogP contribution < -0.4 is 0 Å². The molecular weight excluding hydrogens is 314 g/mol. The smallest absolute Gasteiger partial charge is 0.0736 e. The van der Waals surface area contributed by atoms with E-state index in [0.29, 0.717) is 5.92 Å². The van der Waals surface area contributed by atoms with E-state index in [-0.39, 0.29) is 0 Å². The Balaban J connectivity index is 1.44. The summed E-state index contributed by atoms with van der Waals surface area (Å²) >= 11 is 0. The molecule has 3 aliphatic rings. The highest BCUT2D eigenvalue weighted by Crippen LogP contribution is 2.31. The van der Waals surface area contributed by atoms with Crippen LogP contribution in [0.2, 0.25) is 0 Å². The minimum Gasteiger partial charge on any atom is -0.384 e. The average molecular weight is 348 g/mol. The van der Waals surface area contributed by atoms with Crippen LogP contribution in [0.5, 0.6) is 0 Å². The van der Waals surface area contributed by atoms with Crippen molar-refractivity contribution in [3.63, 3.8) is 0 Å². The molecule has 3 heterocycles. The number of methoxy groups -OCH3 is 1. The molecule has 1 aliphatic carbocycles. The van der Waals surface area contributed by atoms with Crippen LogP contribution >= 0.6 is 0 Å². The van der Waals surface area contributed by atoms with E-state index in [0.717, 1.165) is 51.3 Å². The first-order valence-corrected chi connectivity index (χ1v) is 10.2. The van der Waals surface area contributed by atoms with Crippen molar-refractivity contribution in [1.29, 1.82) is 0 Å². The molecule has 5 nitrogen and oxygen atoms in total. The number of nitrogens with zero attached hydrogens (tertiary/aromatic N) is 3. The Morgan fingerprint density at radius 1 is 1.12 bits per heavy atom. The average Bonchev–Trinajstić information content (AvgIpc) is 3.26. The lowest BCUT2D eigenvalue weighted by molar-refractivity contribution is 0.0461. The van der Waals surface area contributed by atoms with Crippen LogP contribution in [0.1, 0.15) is 55.7 Å². The fourth-order valence-corrected chi connectivity index (χ4v) is 4.96. The molecule has 0 radical (unpaired) electrons. The minimum atomic E-state index is 0.415. The van der Waals surface area contributed by atoms with Gasteiger partial charge in [-0.05, 0) is 37.5 Å². The van der Waals surface area contributed by atoms with E-state index in [1.54, 1.807) is 0 Å². The Bertz CT molecular complexity index is 547. The quantitative estimate of drug-likeness (QED) is 0.793. The lowest BCUT2D eigenvalue weighted by Crippen LogP contribution is -2.39. The predicted molar refractivity (Wildman–Crippen MR) is 97.6 cm³/mol. The molecule has 1 saturated heterocycles. The number of hydrogen-bond donors (Lipinski definition) is 0. The Kier molecular flexibility index (Phi) is 5.73. The Hall–Kier alpha value is -0.910. The number of fused-ring (bicyclic) bond motifs is 1. The molecule has 0 aromatic carbocycles. The molecule has 0 bridgehead atoms. The molecule has 140 valence electrons. The first-order valence-electron chi connectivity index (χ1n) is 10.2. The molecule has 0 spiro atoms. The van der Waals surface area contributed by atoms with E-state index in [2.05, 4.69) is 15.8 Å². The maximum atomic E-state index is 5.52. The van der Waals surface area contributed by atoms with Crippen LogP contribution in [0.25, 0.3) is 0 Å². The summed E-state index contributed by atoms with van der Waals surface area (Å²) in [5, 5.41) is 4.99. The van der Waals surface area contributed by atoms with E-state index < -0.39 is 0 Å². The molecular formula is C20H33N3O2. The fraction of sp³-hybridized carbons (Fsp3) is 0.850. The van der Waals surface area contributed by atoms with Crippen molar-refractivity contribution in [2.45, 2.75) is 57.5 Å². The molecule has 1 atom stereocenters. The summed E-state index contributed by atoms with van der Waals surface area (Å²) in [6.07, 6.45) is 10.3. The van der Waals surface area contributed by atoms with Gasteiger partial charge in [0.15, 0.2) is 0 Å². The molecule has 0 unspecified atom stereocenters. The van der Waals surface area contributed by atoms with Gasteiger partial charge in [0.2, 0.25) is 0 Å². The molecule has 1 aromatic rings. The van der Waals surface area contributed by atoms with Gasteiger partial charge in [-0.15, -0.1) is 0 Å². The number of aromatic nitrogens is 2. The predicted octanol–water partition coefficient (Wildman–Crippen LogP) is 3.05. The second-order valence-electron chi connectivity index (χ2n) is 8.31. The van der Waals surface area contributed by atoms with Gasteiger partial charge in [-0.2, -0.15) is 5.10 Å². The summed E-state index contributed by atoms with van der Waals surface area (Å²) in [6, 6.07) is 0. The zero-order valence-electron chi connectivity index (χ0n) is 15.7. The van der Waals surface area contributed by atoms with E-state index in [9.17, 15) is 0 Å². The van der Waals surface area contributed by atoms with Crippen molar-refractivity contribution < 1.29 is 9.47 Å². The molecule has 0 N–H and O–H groups in total. The van der Waals surface area contributed by atoms with Crippen LogP contribution in [0, 0.1) is 11.8 Å². The first kappa shape index (κ1) is 17.5. The molecule has 1 aromatic heterocycles. The van der Waals surface area contributed by atoms with E-state index in [1.165, 1.54) is 56.3 Å². The SMILES string of the molecule is COC[C@H]1CN(CC2CCOCC2)Cc2cn(CC3CCCC3)nc21. The van der Waals surface area contributed by atoms with Crippen LogP contribution in [0.4, 0.5) is 0 Å². The zero-order chi connectivity index (χ0) is 17.1. The van der Waals surface area contributed by atoms with Gasteiger partial charge in [0.05, 0.1) is 12.3 Å².